The Morgan fingerprint density at radius 2 is 2.33 bits per heavy atom. The summed E-state index contributed by atoms with van der Waals surface area (Å²) in [5.41, 5.74) is 1.75. The van der Waals surface area contributed by atoms with Crippen molar-refractivity contribution in [3.8, 4) is 10.7 Å². The highest BCUT2D eigenvalue weighted by atomic mass is 35.5. The topological polar surface area (TPSA) is 37.8 Å². The Bertz CT molecular complexity index is 441. The summed E-state index contributed by atoms with van der Waals surface area (Å²) in [6.45, 7) is 0.683. The lowest BCUT2D eigenvalue weighted by atomic mass is 10.4. The van der Waals surface area contributed by atoms with Gasteiger partial charge in [0.25, 0.3) is 0 Å². The summed E-state index contributed by atoms with van der Waals surface area (Å²) in [6, 6.07) is 5.75. The summed E-state index contributed by atoms with van der Waals surface area (Å²) in [7, 11) is 1.87. The van der Waals surface area contributed by atoms with Crippen LogP contribution in [-0.2, 0) is 6.54 Å². The maximum atomic E-state index is 6.06. The first-order valence-corrected chi connectivity index (χ1v) is 5.72. The quantitative estimate of drug-likeness (QED) is 0.895. The van der Waals surface area contributed by atoms with Crippen LogP contribution in [0.4, 0.5) is 0 Å². The average Bonchev–Trinajstić information content (AvgIpc) is 2.63. The van der Waals surface area contributed by atoms with Gasteiger partial charge in [-0.25, -0.2) is 4.98 Å². The predicted octanol–water partition coefficient (Wildman–Crippen LogP) is 2.58. The first-order valence-electron chi connectivity index (χ1n) is 4.52. The third-order valence-corrected chi connectivity index (χ3v) is 3.24. The molecule has 0 aliphatic rings. The minimum absolute atomic E-state index is 0.683. The molecule has 0 aliphatic heterocycles. The second kappa shape index (κ2) is 4.70. The zero-order valence-corrected chi connectivity index (χ0v) is 9.77. The van der Waals surface area contributed by atoms with Gasteiger partial charge in [0.15, 0.2) is 0 Å². The number of rotatable bonds is 3. The van der Waals surface area contributed by atoms with Gasteiger partial charge in [0.05, 0.1) is 11.4 Å². The van der Waals surface area contributed by atoms with Crippen LogP contribution in [0.3, 0.4) is 0 Å². The minimum atomic E-state index is 0.683. The van der Waals surface area contributed by atoms with Gasteiger partial charge in [-0.15, -0.1) is 0 Å². The average molecular weight is 240 g/mol. The highest BCUT2D eigenvalue weighted by molar-refractivity contribution is 7.19. The lowest BCUT2D eigenvalue weighted by Gasteiger charge is -1.93. The minimum Gasteiger partial charge on any atom is -0.314 e. The predicted molar refractivity (Wildman–Crippen MR) is 63.1 cm³/mol. The number of thiazole rings is 1. The van der Waals surface area contributed by atoms with Crippen molar-refractivity contribution in [3.05, 3.63) is 34.4 Å². The third kappa shape index (κ3) is 2.34. The summed E-state index contributed by atoms with van der Waals surface area (Å²) >= 11 is 7.52. The number of hydrogen-bond donors (Lipinski definition) is 1. The van der Waals surface area contributed by atoms with E-state index >= 15 is 0 Å². The Hall–Kier alpha value is -0.970. The molecule has 0 amide bonds. The Kier molecular flexibility index (Phi) is 3.30. The van der Waals surface area contributed by atoms with Crippen molar-refractivity contribution in [1.82, 2.24) is 15.3 Å². The van der Waals surface area contributed by atoms with Gasteiger partial charge < -0.3 is 5.32 Å². The molecule has 0 saturated carbocycles. The molecule has 0 atom stereocenters. The molecule has 1 N–H and O–H groups in total. The van der Waals surface area contributed by atoms with Crippen molar-refractivity contribution < 1.29 is 0 Å². The highest BCUT2D eigenvalue weighted by Crippen LogP contribution is 2.30. The van der Waals surface area contributed by atoms with Crippen LogP contribution < -0.4 is 5.32 Å². The molecule has 2 heterocycles. The number of halogens is 1. The zero-order valence-electron chi connectivity index (χ0n) is 8.20. The smallest absolute Gasteiger partial charge is 0.143 e. The Labute approximate surface area is 97.2 Å². The van der Waals surface area contributed by atoms with E-state index in [1.54, 1.807) is 6.20 Å². The second-order valence-corrected chi connectivity index (χ2v) is 4.59. The molecule has 2 aromatic rings. The van der Waals surface area contributed by atoms with Crippen LogP contribution in [0, 0.1) is 0 Å². The summed E-state index contributed by atoms with van der Waals surface area (Å²) in [5, 5.41) is 3.90. The van der Waals surface area contributed by atoms with E-state index in [-0.39, 0.29) is 0 Å². The van der Waals surface area contributed by atoms with E-state index in [4.69, 9.17) is 11.6 Å². The van der Waals surface area contributed by atoms with Gasteiger partial charge in [-0.3, -0.25) is 4.98 Å². The van der Waals surface area contributed by atoms with Crippen LogP contribution in [0.25, 0.3) is 10.7 Å². The SMILES string of the molecule is CNCc1nc(-c2ccccn2)sc1Cl. The Balaban J connectivity index is 2.34. The van der Waals surface area contributed by atoms with E-state index < -0.39 is 0 Å². The van der Waals surface area contributed by atoms with E-state index in [1.165, 1.54) is 11.3 Å². The fourth-order valence-corrected chi connectivity index (χ4v) is 2.32. The van der Waals surface area contributed by atoms with Crippen molar-refractivity contribution in [3.63, 3.8) is 0 Å². The molecule has 78 valence electrons. The second-order valence-electron chi connectivity index (χ2n) is 2.98. The maximum absolute atomic E-state index is 6.06. The molecule has 0 spiro atoms. The van der Waals surface area contributed by atoms with Gasteiger partial charge in [-0.05, 0) is 19.2 Å². The molecular weight excluding hydrogens is 230 g/mol. The van der Waals surface area contributed by atoms with Crippen LogP contribution in [0.2, 0.25) is 4.34 Å². The van der Waals surface area contributed by atoms with Crippen LogP contribution in [0.1, 0.15) is 5.69 Å². The van der Waals surface area contributed by atoms with Gasteiger partial charge in [0.2, 0.25) is 0 Å². The molecule has 2 rings (SSSR count). The summed E-state index contributed by atoms with van der Waals surface area (Å²) in [6.07, 6.45) is 1.75. The van der Waals surface area contributed by atoms with Gasteiger partial charge in [-0.1, -0.05) is 29.0 Å². The van der Waals surface area contributed by atoms with Crippen molar-refractivity contribution in [1.29, 1.82) is 0 Å². The monoisotopic (exact) mass is 239 g/mol. The first-order chi connectivity index (χ1) is 7.31. The van der Waals surface area contributed by atoms with Gasteiger partial charge in [-0.2, -0.15) is 0 Å². The maximum Gasteiger partial charge on any atom is 0.143 e. The molecule has 0 unspecified atom stereocenters. The largest absolute Gasteiger partial charge is 0.314 e. The van der Waals surface area contributed by atoms with Gasteiger partial charge in [0.1, 0.15) is 9.34 Å². The first kappa shape index (κ1) is 10.5. The van der Waals surface area contributed by atoms with E-state index in [0.717, 1.165) is 20.7 Å². The number of nitrogens with zero attached hydrogens (tertiary/aromatic N) is 2. The molecular formula is C10H10ClN3S. The lowest BCUT2D eigenvalue weighted by molar-refractivity contribution is 0.798. The molecule has 0 saturated heterocycles. The zero-order chi connectivity index (χ0) is 10.7. The normalized spacial score (nSPS) is 10.5. The molecule has 0 aromatic carbocycles. The Morgan fingerprint density at radius 1 is 1.47 bits per heavy atom. The number of hydrogen-bond acceptors (Lipinski definition) is 4. The standard InChI is InChI=1S/C10H10ClN3S/c1-12-6-8-9(11)15-10(14-8)7-4-2-3-5-13-7/h2-5,12H,6H2,1H3. The van der Waals surface area contributed by atoms with Crippen LogP contribution in [0.5, 0.6) is 0 Å². The van der Waals surface area contributed by atoms with E-state index in [1.807, 2.05) is 25.2 Å². The van der Waals surface area contributed by atoms with E-state index in [0.29, 0.717) is 6.54 Å². The number of pyridine rings is 1. The molecule has 0 aliphatic carbocycles. The molecule has 2 aromatic heterocycles. The number of aromatic nitrogens is 2. The molecule has 15 heavy (non-hydrogen) atoms. The fraction of sp³-hybridized carbons (Fsp3) is 0.200. The molecule has 5 heteroatoms. The lowest BCUT2D eigenvalue weighted by Crippen LogP contribution is -2.05. The van der Waals surface area contributed by atoms with Gasteiger partial charge in [0, 0.05) is 12.7 Å². The molecule has 0 radical (unpaired) electrons. The van der Waals surface area contributed by atoms with Crippen molar-refractivity contribution in [2.75, 3.05) is 7.05 Å². The molecule has 0 fully saturated rings. The summed E-state index contributed by atoms with van der Waals surface area (Å²) < 4.78 is 0.727. The van der Waals surface area contributed by atoms with Crippen molar-refractivity contribution >= 4 is 22.9 Å². The van der Waals surface area contributed by atoms with Crippen molar-refractivity contribution in [2.24, 2.45) is 0 Å². The molecule has 3 nitrogen and oxygen atoms in total. The molecule has 0 bridgehead atoms. The van der Waals surface area contributed by atoms with Crippen LogP contribution >= 0.6 is 22.9 Å². The Morgan fingerprint density at radius 3 is 3.00 bits per heavy atom. The van der Waals surface area contributed by atoms with Gasteiger partial charge >= 0.3 is 0 Å². The van der Waals surface area contributed by atoms with Crippen LogP contribution in [0.15, 0.2) is 24.4 Å². The summed E-state index contributed by atoms with van der Waals surface area (Å²) in [5.74, 6) is 0. The van der Waals surface area contributed by atoms with E-state index in [2.05, 4.69) is 15.3 Å². The number of nitrogens with one attached hydrogen (secondary N) is 1. The third-order valence-electron chi connectivity index (χ3n) is 1.88. The van der Waals surface area contributed by atoms with Crippen molar-refractivity contribution in [2.45, 2.75) is 6.54 Å². The summed E-state index contributed by atoms with van der Waals surface area (Å²) in [4.78, 5) is 8.66. The van der Waals surface area contributed by atoms with Crippen LogP contribution in [-0.4, -0.2) is 17.0 Å². The highest BCUT2D eigenvalue weighted by Gasteiger charge is 2.10. The van der Waals surface area contributed by atoms with E-state index in [9.17, 15) is 0 Å². The fourth-order valence-electron chi connectivity index (χ4n) is 1.21.